The lowest BCUT2D eigenvalue weighted by Gasteiger charge is -2.26. The first-order valence-electron chi connectivity index (χ1n) is 14.5. The minimum Gasteiger partial charge on any atom is -0.493 e. The first-order chi connectivity index (χ1) is 19.7. The summed E-state index contributed by atoms with van der Waals surface area (Å²) in [5.41, 5.74) is 1.65. The van der Waals surface area contributed by atoms with Crippen molar-refractivity contribution in [1.82, 2.24) is 26.6 Å². The summed E-state index contributed by atoms with van der Waals surface area (Å²) in [6.07, 6.45) is 3.60. The van der Waals surface area contributed by atoms with Crippen LogP contribution in [0, 0.1) is 0 Å². The quantitative estimate of drug-likeness (QED) is 0.300. The number of urea groups is 1. The lowest BCUT2D eigenvalue weighted by atomic mass is 10.1. The molecule has 10 nitrogen and oxygen atoms in total. The highest BCUT2D eigenvalue weighted by molar-refractivity contribution is 5.85. The summed E-state index contributed by atoms with van der Waals surface area (Å²) in [6.45, 7) is 10.4. The number of hydrogen-bond acceptors (Lipinski definition) is 7. The van der Waals surface area contributed by atoms with Gasteiger partial charge in [0.25, 0.3) is 0 Å². The summed E-state index contributed by atoms with van der Waals surface area (Å²) in [5, 5.41) is 15.3. The molecule has 2 fully saturated rings. The predicted octanol–water partition coefficient (Wildman–Crippen LogP) is 4.51. The number of piperidine rings is 2. The van der Waals surface area contributed by atoms with E-state index in [2.05, 4.69) is 26.6 Å². The highest BCUT2D eigenvalue weighted by Crippen LogP contribution is 2.28. The zero-order valence-corrected chi connectivity index (χ0v) is 26.1. The fourth-order valence-electron chi connectivity index (χ4n) is 4.50. The van der Waals surface area contributed by atoms with Crippen molar-refractivity contribution in [3.05, 3.63) is 59.7 Å². The van der Waals surface area contributed by atoms with Crippen molar-refractivity contribution in [2.75, 3.05) is 33.3 Å². The molecule has 2 aliphatic rings. The SMILES string of the molecule is CC(C)(C)OC(=O)NC1CCNCC1.COc1cc(CNC(=O)NC2CCNCC2)ccc1OCc1ccccc1.Cl. The number of halogens is 1. The van der Waals surface area contributed by atoms with Crippen LogP contribution in [0.4, 0.5) is 9.59 Å². The first kappa shape index (κ1) is 35.0. The number of ether oxygens (including phenoxy) is 3. The maximum atomic E-state index is 12.1. The van der Waals surface area contributed by atoms with Gasteiger partial charge in [-0.2, -0.15) is 0 Å². The molecule has 5 N–H and O–H groups in total. The molecule has 2 aliphatic heterocycles. The average molecular weight is 606 g/mol. The first-order valence-corrected chi connectivity index (χ1v) is 14.5. The Labute approximate surface area is 256 Å². The third kappa shape index (κ3) is 13.6. The van der Waals surface area contributed by atoms with Gasteiger partial charge in [0.2, 0.25) is 0 Å². The van der Waals surface area contributed by atoms with E-state index in [4.69, 9.17) is 14.2 Å². The lowest BCUT2D eigenvalue weighted by molar-refractivity contribution is 0.0495. The summed E-state index contributed by atoms with van der Waals surface area (Å²) in [6, 6.07) is 16.1. The molecule has 2 saturated heterocycles. The number of alkyl carbamates (subject to hydrolysis) is 1. The second-order valence-corrected chi connectivity index (χ2v) is 11.3. The van der Waals surface area contributed by atoms with E-state index in [0.717, 1.165) is 63.0 Å². The minimum absolute atomic E-state index is 0. The van der Waals surface area contributed by atoms with E-state index in [1.54, 1.807) is 7.11 Å². The Morgan fingerprint density at radius 2 is 1.43 bits per heavy atom. The van der Waals surface area contributed by atoms with Gasteiger partial charge in [0.15, 0.2) is 11.5 Å². The summed E-state index contributed by atoms with van der Waals surface area (Å²) < 4.78 is 16.5. The van der Waals surface area contributed by atoms with Gasteiger partial charge in [0.05, 0.1) is 7.11 Å². The molecule has 234 valence electrons. The van der Waals surface area contributed by atoms with E-state index in [1.165, 1.54) is 0 Å². The molecule has 0 spiro atoms. The molecule has 11 heteroatoms. The molecule has 0 bridgehead atoms. The van der Waals surface area contributed by atoms with Gasteiger partial charge in [-0.15, -0.1) is 12.4 Å². The van der Waals surface area contributed by atoms with Crippen molar-refractivity contribution >= 4 is 24.5 Å². The fourth-order valence-corrected chi connectivity index (χ4v) is 4.50. The number of rotatable bonds is 8. The molecule has 0 aliphatic carbocycles. The smallest absolute Gasteiger partial charge is 0.407 e. The number of benzene rings is 2. The maximum absolute atomic E-state index is 12.1. The van der Waals surface area contributed by atoms with E-state index < -0.39 is 5.60 Å². The molecule has 2 aromatic rings. The standard InChI is InChI=1S/C21H27N3O3.C10H20N2O2.ClH/c1-26-20-13-17(14-23-21(25)24-18-9-11-22-12-10-18)7-8-19(20)27-15-16-5-3-2-4-6-16;1-10(2,3)14-9(13)12-8-4-6-11-7-5-8;/h2-8,13,18,22H,9-12,14-15H2,1H3,(H2,23,24,25);8,11H,4-7H2,1-3H3,(H,12,13);1H. The molecule has 2 heterocycles. The van der Waals surface area contributed by atoms with Gasteiger partial charge in [-0.3, -0.25) is 0 Å². The van der Waals surface area contributed by atoms with E-state index in [1.807, 2.05) is 69.3 Å². The van der Waals surface area contributed by atoms with Crippen LogP contribution in [-0.2, 0) is 17.9 Å². The predicted molar refractivity (Wildman–Crippen MR) is 168 cm³/mol. The van der Waals surface area contributed by atoms with Crippen LogP contribution in [0.2, 0.25) is 0 Å². The van der Waals surface area contributed by atoms with Gasteiger partial charge in [0, 0.05) is 18.6 Å². The van der Waals surface area contributed by atoms with Crippen LogP contribution in [0.25, 0.3) is 0 Å². The molecule has 42 heavy (non-hydrogen) atoms. The van der Waals surface area contributed by atoms with Crippen LogP contribution in [0.5, 0.6) is 11.5 Å². The Hall–Kier alpha value is -3.21. The topological polar surface area (TPSA) is 122 Å². The Bertz CT molecular complexity index is 1070. The number of methoxy groups -OCH3 is 1. The molecule has 4 rings (SSSR count). The third-order valence-electron chi connectivity index (χ3n) is 6.65. The highest BCUT2D eigenvalue weighted by Gasteiger charge is 2.20. The van der Waals surface area contributed by atoms with E-state index in [-0.39, 0.29) is 36.6 Å². The molecule has 0 aromatic heterocycles. The molecular formula is C31H48ClN5O5. The van der Waals surface area contributed by atoms with Gasteiger partial charge in [-0.25, -0.2) is 9.59 Å². The monoisotopic (exact) mass is 605 g/mol. The van der Waals surface area contributed by atoms with Gasteiger partial charge < -0.3 is 40.8 Å². The Balaban J connectivity index is 0.000000349. The molecule has 0 unspecified atom stereocenters. The Morgan fingerprint density at radius 1 is 0.833 bits per heavy atom. The molecule has 0 radical (unpaired) electrons. The van der Waals surface area contributed by atoms with Gasteiger partial charge in [-0.05, 0) is 95.9 Å². The molecule has 0 atom stereocenters. The van der Waals surface area contributed by atoms with Gasteiger partial charge in [0.1, 0.15) is 12.2 Å². The second-order valence-electron chi connectivity index (χ2n) is 11.3. The normalized spacial score (nSPS) is 15.6. The van der Waals surface area contributed by atoms with Crippen LogP contribution in [0.1, 0.15) is 57.6 Å². The van der Waals surface area contributed by atoms with E-state index >= 15 is 0 Å². The Morgan fingerprint density at radius 3 is 2.00 bits per heavy atom. The number of carbonyl (C=O) groups is 2. The highest BCUT2D eigenvalue weighted by atomic mass is 35.5. The zero-order chi connectivity index (χ0) is 29.5. The summed E-state index contributed by atoms with van der Waals surface area (Å²) in [4.78, 5) is 23.4. The maximum Gasteiger partial charge on any atom is 0.407 e. The third-order valence-corrected chi connectivity index (χ3v) is 6.65. The Kier molecular flexibility index (Phi) is 15.3. The van der Waals surface area contributed by atoms with Crippen molar-refractivity contribution in [3.8, 4) is 11.5 Å². The summed E-state index contributed by atoms with van der Waals surface area (Å²) >= 11 is 0. The van der Waals surface area contributed by atoms with Crippen molar-refractivity contribution in [1.29, 1.82) is 0 Å². The van der Waals surface area contributed by atoms with E-state index in [0.29, 0.717) is 24.7 Å². The number of amides is 3. The van der Waals surface area contributed by atoms with Crippen molar-refractivity contribution in [2.24, 2.45) is 0 Å². The molecule has 0 saturated carbocycles. The summed E-state index contributed by atoms with van der Waals surface area (Å²) in [7, 11) is 1.62. The van der Waals surface area contributed by atoms with Gasteiger partial charge >= 0.3 is 12.1 Å². The molecular weight excluding hydrogens is 558 g/mol. The number of hydrogen-bond donors (Lipinski definition) is 5. The number of nitrogens with one attached hydrogen (secondary N) is 5. The molecule has 3 amide bonds. The van der Waals surface area contributed by atoms with E-state index in [9.17, 15) is 9.59 Å². The minimum atomic E-state index is -0.406. The van der Waals surface area contributed by atoms with Crippen LogP contribution in [0.15, 0.2) is 48.5 Å². The summed E-state index contributed by atoms with van der Waals surface area (Å²) in [5.74, 6) is 1.34. The van der Waals surface area contributed by atoms with Crippen LogP contribution in [-0.4, -0.2) is 63.1 Å². The van der Waals surface area contributed by atoms with Crippen molar-refractivity contribution in [2.45, 2.75) is 77.3 Å². The van der Waals surface area contributed by atoms with Crippen LogP contribution < -0.4 is 36.1 Å². The van der Waals surface area contributed by atoms with Crippen LogP contribution >= 0.6 is 12.4 Å². The molecule has 2 aromatic carbocycles. The average Bonchev–Trinajstić information content (AvgIpc) is 2.96. The largest absolute Gasteiger partial charge is 0.493 e. The number of carbonyl (C=O) groups excluding carboxylic acids is 2. The fraction of sp³-hybridized carbons (Fsp3) is 0.548. The van der Waals surface area contributed by atoms with Crippen LogP contribution in [0.3, 0.4) is 0 Å². The zero-order valence-electron chi connectivity index (χ0n) is 25.3. The second kappa shape index (κ2) is 18.4. The van der Waals surface area contributed by atoms with Gasteiger partial charge in [-0.1, -0.05) is 36.4 Å². The van der Waals surface area contributed by atoms with Crippen molar-refractivity contribution in [3.63, 3.8) is 0 Å². The lowest BCUT2D eigenvalue weighted by Crippen LogP contribution is -2.46. The van der Waals surface area contributed by atoms with Crippen molar-refractivity contribution < 1.29 is 23.8 Å².